The second-order valence-corrected chi connectivity index (χ2v) is 4.90. The Morgan fingerprint density at radius 2 is 2.00 bits per heavy atom. The molecule has 3 aromatic rings. The molecule has 1 aromatic heterocycles. The van der Waals surface area contributed by atoms with Gasteiger partial charge < -0.3 is 4.74 Å². The van der Waals surface area contributed by atoms with Crippen LogP contribution in [0.25, 0.3) is 11.3 Å². The molecule has 1 heterocycles. The standard InChI is InChI=1S/C18H14FN2O/c1-13-9-18(22-12-14-5-3-2-4-6-14)16(19)10-15(13)17-11-20-7-8-21-17/h2-6,8-11H,12H2,1H3. The zero-order chi connectivity index (χ0) is 15.4. The minimum Gasteiger partial charge on any atom is -0.486 e. The highest BCUT2D eigenvalue weighted by atomic mass is 19.1. The lowest BCUT2D eigenvalue weighted by Gasteiger charge is -2.11. The highest BCUT2D eigenvalue weighted by Gasteiger charge is 2.11. The lowest BCUT2D eigenvalue weighted by Crippen LogP contribution is -1.99. The summed E-state index contributed by atoms with van der Waals surface area (Å²) in [7, 11) is 0. The second-order valence-electron chi connectivity index (χ2n) is 4.90. The molecule has 0 saturated heterocycles. The normalized spacial score (nSPS) is 10.5. The number of benzene rings is 2. The lowest BCUT2D eigenvalue weighted by molar-refractivity contribution is 0.290. The maximum atomic E-state index is 14.2. The van der Waals surface area contributed by atoms with Crippen LogP contribution in [0.4, 0.5) is 4.39 Å². The Hall–Kier alpha value is -2.75. The first-order chi connectivity index (χ1) is 10.7. The first-order valence-electron chi connectivity index (χ1n) is 6.89. The summed E-state index contributed by atoms with van der Waals surface area (Å²) in [5.41, 5.74) is 3.19. The summed E-state index contributed by atoms with van der Waals surface area (Å²) in [6.07, 6.45) is 5.63. The van der Waals surface area contributed by atoms with Crippen LogP contribution in [-0.2, 0) is 6.61 Å². The Labute approximate surface area is 128 Å². The zero-order valence-corrected chi connectivity index (χ0v) is 12.1. The van der Waals surface area contributed by atoms with Gasteiger partial charge in [0.25, 0.3) is 0 Å². The quantitative estimate of drug-likeness (QED) is 0.730. The lowest BCUT2D eigenvalue weighted by atomic mass is 10.1. The van der Waals surface area contributed by atoms with Gasteiger partial charge in [-0.05, 0) is 30.2 Å². The number of hydrogen-bond donors (Lipinski definition) is 0. The molecule has 3 rings (SSSR count). The van der Waals surface area contributed by atoms with Crippen LogP contribution in [0.2, 0.25) is 0 Å². The summed E-state index contributed by atoms with van der Waals surface area (Å²) in [6, 6.07) is 12.8. The van der Waals surface area contributed by atoms with E-state index in [1.54, 1.807) is 12.3 Å². The van der Waals surface area contributed by atoms with Crippen molar-refractivity contribution >= 4 is 0 Å². The largest absolute Gasteiger partial charge is 0.486 e. The van der Waals surface area contributed by atoms with Gasteiger partial charge >= 0.3 is 0 Å². The zero-order valence-electron chi connectivity index (χ0n) is 12.1. The van der Waals surface area contributed by atoms with Gasteiger partial charge in [-0.2, -0.15) is 0 Å². The maximum absolute atomic E-state index is 14.2. The van der Waals surface area contributed by atoms with Crippen molar-refractivity contribution in [3.8, 4) is 17.0 Å². The van der Waals surface area contributed by atoms with Gasteiger partial charge in [0, 0.05) is 5.56 Å². The predicted octanol–water partition coefficient (Wildman–Crippen LogP) is 3.97. The molecular weight excluding hydrogens is 279 g/mol. The van der Waals surface area contributed by atoms with Gasteiger partial charge in [0.1, 0.15) is 12.8 Å². The number of nitrogens with zero attached hydrogens (tertiary/aromatic N) is 2. The monoisotopic (exact) mass is 293 g/mol. The number of halogens is 1. The molecule has 0 atom stereocenters. The number of aryl methyl sites for hydroxylation is 1. The van der Waals surface area contributed by atoms with Gasteiger partial charge in [-0.15, -0.1) is 0 Å². The van der Waals surface area contributed by atoms with Gasteiger partial charge in [-0.3, -0.25) is 9.97 Å². The van der Waals surface area contributed by atoms with Gasteiger partial charge in [-0.25, -0.2) is 4.39 Å². The van der Waals surface area contributed by atoms with E-state index in [1.165, 1.54) is 12.3 Å². The molecule has 0 amide bonds. The molecule has 3 nitrogen and oxygen atoms in total. The fourth-order valence-corrected chi connectivity index (χ4v) is 2.18. The highest BCUT2D eigenvalue weighted by molar-refractivity contribution is 5.64. The maximum Gasteiger partial charge on any atom is 0.165 e. The van der Waals surface area contributed by atoms with E-state index in [0.29, 0.717) is 17.9 Å². The van der Waals surface area contributed by atoms with E-state index in [2.05, 4.69) is 16.2 Å². The molecule has 0 fully saturated rings. The second kappa shape index (κ2) is 6.35. The van der Waals surface area contributed by atoms with E-state index in [-0.39, 0.29) is 5.75 Å². The smallest absolute Gasteiger partial charge is 0.165 e. The van der Waals surface area contributed by atoms with Crippen LogP contribution >= 0.6 is 0 Å². The van der Waals surface area contributed by atoms with Crippen LogP contribution in [0.1, 0.15) is 11.1 Å². The minimum absolute atomic E-state index is 0.237. The molecular formula is C18H14FN2O. The average molecular weight is 293 g/mol. The summed E-state index contributed by atoms with van der Waals surface area (Å²) in [4.78, 5) is 8.04. The number of rotatable bonds is 4. The molecule has 0 N–H and O–H groups in total. The molecule has 0 aliphatic rings. The summed E-state index contributed by atoms with van der Waals surface area (Å²) >= 11 is 0. The van der Waals surface area contributed by atoms with Gasteiger partial charge in [0.05, 0.1) is 18.1 Å². The van der Waals surface area contributed by atoms with Crippen molar-refractivity contribution in [2.24, 2.45) is 0 Å². The van der Waals surface area contributed by atoms with Crippen molar-refractivity contribution in [2.45, 2.75) is 13.5 Å². The molecule has 0 bridgehead atoms. The van der Waals surface area contributed by atoms with Crippen molar-refractivity contribution < 1.29 is 9.13 Å². The molecule has 0 aliphatic carbocycles. The molecule has 0 saturated carbocycles. The van der Waals surface area contributed by atoms with Crippen LogP contribution in [0.3, 0.4) is 0 Å². The number of aromatic nitrogens is 2. The van der Waals surface area contributed by atoms with Crippen molar-refractivity contribution in [3.05, 3.63) is 78.0 Å². The topological polar surface area (TPSA) is 35.0 Å². The SMILES string of the molecule is Cc1cc(OCc2ccccc2)c(F)cc1-c1cn[c]cn1. The Bertz CT molecular complexity index is 761. The molecule has 22 heavy (non-hydrogen) atoms. The van der Waals surface area contributed by atoms with Crippen LogP contribution in [0.15, 0.2) is 54.9 Å². The first-order valence-corrected chi connectivity index (χ1v) is 6.89. The molecule has 1 radical (unpaired) electrons. The van der Waals surface area contributed by atoms with E-state index < -0.39 is 5.82 Å². The summed E-state index contributed by atoms with van der Waals surface area (Å²) in [5, 5.41) is 0. The first kappa shape index (κ1) is 14.2. The van der Waals surface area contributed by atoms with E-state index in [1.807, 2.05) is 37.3 Å². The Morgan fingerprint density at radius 1 is 1.18 bits per heavy atom. The predicted molar refractivity (Wildman–Crippen MR) is 81.8 cm³/mol. The van der Waals surface area contributed by atoms with E-state index >= 15 is 0 Å². The third kappa shape index (κ3) is 3.11. The fourth-order valence-electron chi connectivity index (χ4n) is 2.18. The summed E-state index contributed by atoms with van der Waals surface area (Å²) < 4.78 is 19.8. The van der Waals surface area contributed by atoms with Crippen LogP contribution in [0, 0.1) is 18.9 Å². The molecule has 109 valence electrons. The van der Waals surface area contributed by atoms with Crippen LogP contribution in [-0.4, -0.2) is 9.97 Å². The van der Waals surface area contributed by atoms with Crippen molar-refractivity contribution in [1.82, 2.24) is 9.97 Å². The van der Waals surface area contributed by atoms with E-state index in [4.69, 9.17) is 4.74 Å². The minimum atomic E-state index is -0.411. The van der Waals surface area contributed by atoms with Gasteiger partial charge in [0.15, 0.2) is 11.6 Å². The third-order valence-corrected chi connectivity index (χ3v) is 3.31. The highest BCUT2D eigenvalue weighted by Crippen LogP contribution is 2.28. The van der Waals surface area contributed by atoms with Crippen LogP contribution < -0.4 is 4.74 Å². The van der Waals surface area contributed by atoms with Gasteiger partial charge in [-0.1, -0.05) is 30.3 Å². The average Bonchev–Trinajstić information content (AvgIpc) is 2.57. The Kier molecular flexibility index (Phi) is 4.10. The summed E-state index contributed by atoms with van der Waals surface area (Å²) in [6.45, 7) is 2.22. The van der Waals surface area contributed by atoms with E-state index in [9.17, 15) is 4.39 Å². The van der Waals surface area contributed by atoms with E-state index in [0.717, 1.165) is 11.1 Å². The molecule has 0 spiro atoms. The Balaban J connectivity index is 1.84. The van der Waals surface area contributed by atoms with Crippen LogP contribution in [0.5, 0.6) is 5.75 Å². The molecule has 0 unspecified atom stereocenters. The third-order valence-electron chi connectivity index (χ3n) is 3.31. The number of ether oxygens (including phenoxy) is 1. The fraction of sp³-hybridized carbons (Fsp3) is 0.111. The number of hydrogen-bond acceptors (Lipinski definition) is 3. The Morgan fingerprint density at radius 3 is 2.73 bits per heavy atom. The molecule has 2 aromatic carbocycles. The van der Waals surface area contributed by atoms with Crippen molar-refractivity contribution in [1.29, 1.82) is 0 Å². The van der Waals surface area contributed by atoms with Crippen molar-refractivity contribution in [2.75, 3.05) is 0 Å². The molecule has 0 aliphatic heterocycles. The summed E-state index contributed by atoms with van der Waals surface area (Å²) in [5.74, 6) is -0.174. The van der Waals surface area contributed by atoms with Crippen molar-refractivity contribution in [3.63, 3.8) is 0 Å². The van der Waals surface area contributed by atoms with Gasteiger partial charge in [0.2, 0.25) is 0 Å². The molecule has 4 heteroatoms.